The van der Waals surface area contributed by atoms with Crippen molar-refractivity contribution in [2.24, 2.45) is 7.05 Å². The summed E-state index contributed by atoms with van der Waals surface area (Å²) in [6.45, 7) is 12.4. The molecular weight excluding hydrogens is 288 g/mol. The highest BCUT2D eigenvalue weighted by molar-refractivity contribution is 5.76. The lowest BCUT2D eigenvalue weighted by Crippen LogP contribution is -2.14. The van der Waals surface area contributed by atoms with E-state index in [0.29, 0.717) is 5.75 Å². The molecular formula is C19H26N2O2. The molecule has 0 radical (unpaired) electrons. The first-order chi connectivity index (χ1) is 10.6. The van der Waals surface area contributed by atoms with Crippen molar-refractivity contribution in [2.45, 2.75) is 53.4 Å². The van der Waals surface area contributed by atoms with Crippen LogP contribution in [0.5, 0.6) is 5.75 Å². The van der Waals surface area contributed by atoms with E-state index in [1.165, 1.54) is 5.56 Å². The van der Waals surface area contributed by atoms with E-state index in [9.17, 15) is 4.79 Å². The lowest BCUT2D eigenvalue weighted by Gasteiger charge is -2.20. The lowest BCUT2D eigenvalue weighted by molar-refractivity contribution is -0.133. The molecule has 0 amide bonds. The van der Waals surface area contributed by atoms with Crippen molar-refractivity contribution in [3.8, 4) is 5.75 Å². The Morgan fingerprint density at radius 3 is 2.35 bits per heavy atom. The summed E-state index contributed by atoms with van der Waals surface area (Å²) in [7, 11) is 1.88. The molecule has 4 nitrogen and oxygen atoms in total. The predicted octanol–water partition coefficient (Wildman–Crippen LogP) is 3.79. The Hall–Kier alpha value is -2.10. The smallest absolute Gasteiger partial charge is 0.315 e. The fourth-order valence-electron chi connectivity index (χ4n) is 2.61. The van der Waals surface area contributed by atoms with E-state index in [-0.39, 0.29) is 17.8 Å². The number of esters is 1. The topological polar surface area (TPSA) is 44.1 Å². The van der Waals surface area contributed by atoms with Gasteiger partial charge in [-0.05, 0) is 43.4 Å². The molecule has 1 aromatic heterocycles. The number of hydrogen-bond acceptors (Lipinski definition) is 3. The van der Waals surface area contributed by atoms with Crippen molar-refractivity contribution in [3.63, 3.8) is 0 Å². The number of ether oxygens (including phenoxy) is 1. The van der Waals surface area contributed by atoms with E-state index in [1.807, 2.05) is 40.0 Å². The Bertz CT molecular complexity index is 737. The summed E-state index contributed by atoms with van der Waals surface area (Å²) in [4.78, 5) is 12.3. The Kier molecular flexibility index (Phi) is 4.64. The summed E-state index contributed by atoms with van der Waals surface area (Å²) in [6.07, 6.45) is 0.242. The van der Waals surface area contributed by atoms with Crippen molar-refractivity contribution in [3.05, 3.63) is 46.3 Å². The van der Waals surface area contributed by atoms with E-state index in [4.69, 9.17) is 4.74 Å². The van der Waals surface area contributed by atoms with Gasteiger partial charge < -0.3 is 4.74 Å². The van der Waals surface area contributed by atoms with Gasteiger partial charge in [0, 0.05) is 18.3 Å². The Morgan fingerprint density at radius 1 is 1.22 bits per heavy atom. The molecule has 0 aliphatic rings. The zero-order valence-electron chi connectivity index (χ0n) is 15.2. The van der Waals surface area contributed by atoms with Gasteiger partial charge in [-0.2, -0.15) is 5.10 Å². The van der Waals surface area contributed by atoms with Gasteiger partial charge in [0.15, 0.2) is 0 Å². The molecule has 124 valence electrons. The van der Waals surface area contributed by atoms with Gasteiger partial charge in [-0.25, -0.2) is 0 Å². The highest BCUT2D eigenvalue weighted by Crippen LogP contribution is 2.27. The van der Waals surface area contributed by atoms with E-state index >= 15 is 0 Å². The van der Waals surface area contributed by atoms with Gasteiger partial charge in [0.2, 0.25) is 0 Å². The van der Waals surface area contributed by atoms with Crippen LogP contribution in [0.2, 0.25) is 0 Å². The highest BCUT2D eigenvalue weighted by Gasteiger charge is 2.18. The standard InChI is InChI=1S/C19H26N2O2/c1-12-10-15(19(4,5)6)8-9-17(12)23-18(22)11-16-13(2)20-21(7)14(16)3/h8-10H,11H2,1-7H3. The molecule has 0 saturated carbocycles. The molecule has 4 heteroatoms. The van der Waals surface area contributed by atoms with Crippen LogP contribution < -0.4 is 4.74 Å². The van der Waals surface area contributed by atoms with Crippen LogP contribution in [0.3, 0.4) is 0 Å². The van der Waals surface area contributed by atoms with Crippen LogP contribution in [0.4, 0.5) is 0 Å². The van der Waals surface area contributed by atoms with Crippen LogP contribution in [0, 0.1) is 20.8 Å². The highest BCUT2D eigenvalue weighted by atomic mass is 16.5. The lowest BCUT2D eigenvalue weighted by atomic mass is 9.86. The summed E-state index contributed by atoms with van der Waals surface area (Å²) >= 11 is 0. The number of benzene rings is 1. The molecule has 1 aromatic carbocycles. The number of aryl methyl sites for hydroxylation is 3. The van der Waals surface area contributed by atoms with Gasteiger partial charge in [0.05, 0.1) is 12.1 Å². The molecule has 2 aromatic rings. The van der Waals surface area contributed by atoms with Crippen molar-refractivity contribution >= 4 is 5.97 Å². The molecule has 23 heavy (non-hydrogen) atoms. The van der Waals surface area contributed by atoms with Crippen LogP contribution in [-0.4, -0.2) is 15.7 Å². The maximum absolute atomic E-state index is 12.3. The molecule has 0 aliphatic carbocycles. The van der Waals surface area contributed by atoms with Crippen LogP contribution in [0.1, 0.15) is 48.8 Å². The van der Waals surface area contributed by atoms with Crippen LogP contribution in [0.15, 0.2) is 18.2 Å². The Labute approximate surface area is 138 Å². The SMILES string of the molecule is Cc1cc(C(C)(C)C)ccc1OC(=O)Cc1c(C)nn(C)c1C. The Balaban J connectivity index is 2.15. The summed E-state index contributed by atoms with van der Waals surface area (Å²) < 4.78 is 7.35. The van der Waals surface area contributed by atoms with Gasteiger partial charge >= 0.3 is 5.97 Å². The normalized spacial score (nSPS) is 11.6. The number of nitrogens with zero attached hydrogens (tertiary/aromatic N) is 2. The maximum atomic E-state index is 12.3. The van der Waals surface area contributed by atoms with Gasteiger partial charge in [-0.1, -0.05) is 32.9 Å². The van der Waals surface area contributed by atoms with Crippen LogP contribution in [-0.2, 0) is 23.7 Å². The van der Waals surface area contributed by atoms with Gasteiger partial charge in [0.1, 0.15) is 5.75 Å². The number of rotatable bonds is 3. The van der Waals surface area contributed by atoms with Gasteiger partial charge in [-0.3, -0.25) is 9.48 Å². The number of carbonyl (C=O) groups is 1. The maximum Gasteiger partial charge on any atom is 0.315 e. The Morgan fingerprint density at radius 2 is 1.87 bits per heavy atom. The summed E-state index contributed by atoms with van der Waals surface area (Å²) in [6, 6.07) is 6.00. The molecule has 0 bridgehead atoms. The van der Waals surface area contributed by atoms with E-state index in [1.54, 1.807) is 4.68 Å². The van der Waals surface area contributed by atoms with Crippen molar-refractivity contribution in [2.75, 3.05) is 0 Å². The largest absolute Gasteiger partial charge is 0.426 e. The number of carbonyl (C=O) groups excluding carboxylic acids is 1. The molecule has 0 saturated heterocycles. The second-order valence-corrected chi connectivity index (χ2v) is 7.15. The van der Waals surface area contributed by atoms with Crippen molar-refractivity contribution < 1.29 is 9.53 Å². The summed E-state index contributed by atoms with van der Waals surface area (Å²) in [5, 5.41) is 4.34. The molecule has 0 N–H and O–H groups in total. The third-order valence-electron chi connectivity index (χ3n) is 4.24. The predicted molar refractivity (Wildman–Crippen MR) is 91.9 cm³/mol. The molecule has 2 rings (SSSR count). The fourth-order valence-corrected chi connectivity index (χ4v) is 2.61. The minimum Gasteiger partial charge on any atom is -0.426 e. The van der Waals surface area contributed by atoms with E-state index in [0.717, 1.165) is 22.5 Å². The first-order valence-corrected chi connectivity index (χ1v) is 7.90. The minimum absolute atomic E-state index is 0.0806. The molecule has 0 aliphatic heterocycles. The fraction of sp³-hybridized carbons (Fsp3) is 0.474. The van der Waals surface area contributed by atoms with Crippen molar-refractivity contribution in [1.82, 2.24) is 9.78 Å². The zero-order valence-corrected chi connectivity index (χ0v) is 15.2. The molecule has 1 heterocycles. The third kappa shape index (κ3) is 3.81. The number of aromatic nitrogens is 2. The molecule has 0 unspecified atom stereocenters. The van der Waals surface area contributed by atoms with Crippen molar-refractivity contribution in [1.29, 1.82) is 0 Å². The molecule has 0 fully saturated rings. The quantitative estimate of drug-likeness (QED) is 0.639. The van der Waals surface area contributed by atoms with Crippen LogP contribution >= 0.6 is 0 Å². The second kappa shape index (κ2) is 6.19. The first-order valence-electron chi connectivity index (χ1n) is 7.90. The van der Waals surface area contributed by atoms with Crippen LogP contribution in [0.25, 0.3) is 0 Å². The second-order valence-electron chi connectivity index (χ2n) is 7.15. The summed E-state index contributed by atoms with van der Waals surface area (Å²) in [5.41, 5.74) is 5.11. The van der Waals surface area contributed by atoms with Gasteiger partial charge in [-0.15, -0.1) is 0 Å². The molecule has 0 spiro atoms. The average Bonchev–Trinajstić information content (AvgIpc) is 2.66. The van der Waals surface area contributed by atoms with Gasteiger partial charge in [0.25, 0.3) is 0 Å². The van der Waals surface area contributed by atoms with E-state index in [2.05, 4.69) is 31.9 Å². The van der Waals surface area contributed by atoms with E-state index < -0.39 is 0 Å². The monoisotopic (exact) mass is 314 g/mol. The third-order valence-corrected chi connectivity index (χ3v) is 4.24. The first kappa shape index (κ1) is 17.3. The zero-order chi connectivity index (χ0) is 17.4. The average molecular weight is 314 g/mol. The number of hydrogen-bond donors (Lipinski definition) is 0. The molecule has 0 atom stereocenters. The summed E-state index contributed by atoms with van der Waals surface area (Å²) in [5.74, 6) is 0.373. The minimum atomic E-state index is -0.254.